The van der Waals surface area contributed by atoms with Crippen LogP contribution in [-0.2, 0) is 18.9 Å². The molecular formula is C26H32O10. The van der Waals surface area contributed by atoms with Crippen molar-refractivity contribution in [3.05, 3.63) is 34.4 Å². The van der Waals surface area contributed by atoms with Crippen molar-refractivity contribution in [3.63, 3.8) is 0 Å². The number of carbonyl (C=O) groups is 4. The Morgan fingerprint density at radius 1 is 0.500 bits per heavy atom. The molecule has 36 heavy (non-hydrogen) atoms. The van der Waals surface area contributed by atoms with E-state index in [4.69, 9.17) is 28.4 Å². The van der Waals surface area contributed by atoms with Crippen LogP contribution in [0.15, 0.2) is 12.1 Å². The summed E-state index contributed by atoms with van der Waals surface area (Å²) in [7, 11) is 0. The highest BCUT2D eigenvalue weighted by atomic mass is 16.5. The highest BCUT2D eigenvalue weighted by Gasteiger charge is 2.33. The second-order valence-electron chi connectivity index (χ2n) is 7.09. The van der Waals surface area contributed by atoms with Crippen LogP contribution in [-0.4, -0.2) is 63.5 Å². The monoisotopic (exact) mass is 504 g/mol. The highest BCUT2D eigenvalue weighted by molar-refractivity contribution is 6.24. The molecule has 0 saturated carbocycles. The van der Waals surface area contributed by atoms with Gasteiger partial charge in [-0.25, -0.2) is 19.2 Å². The van der Waals surface area contributed by atoms with E-state index in [1.165, 1.54) is 12.1 Å². The smallest absolute Gasteiger partial charge is 0.342 e. The molecule has 196 valence electrons. The van der Waals surface area contributed by atoms with E-state index >= 15 is 0 Å². The van der Waals surface area contributed by atoms with E-state index in [1.54, 1.807) is 41.5 Å². The molecule has 0 amide bonds. The van der Waals surface area contributed by atoms with Crippen molar-refractivity contribution in [2.75, 3.05) is 39.6 Å². The Morgan fingerprint density at radius 2 is 0.806 bits per heavy atom. The van der Waals surface area contributed by atoms with Gasteiger partial charge >= 0.3 is 23.9 Å². The first-order valence-electron chi connectivity index (χ1n) is 11.9. The minimum Gasteiger partial charge on any atom is -0.493 e. The molecule has 10 heteroatoms. The lowest BCUT2D eigenvalue weighted by molar-refractivity contribution is 0.0500. The summed E-state index contributed by atoms with van der Waals surface area (Å²) in [6.45, 7) is 10.3. The second kappa shape index (κ2) is 13.3. The molecule has 0 aliphatic heterocycles. The summed E-state index contributed by atoms with van der Waals surface area (Å²) in [5, 5.41) is -0.125. The third-order valence-electron chi connectivity index (χ3n) is 4.88. The van der Waals surface area contributed by atoms with Crippen LogP contribution in [0.5, 0.6) is 11.5 Å². The van der Waals surface area contributed by atoms with Gasteiger partial charge in [-0.3, -0.25) is 0 Å². The molecule has 0 unspecified atom stereocenters. The van der Waals surface area contributed by atoms with Crippen LogP contribution in [0.4, 0.5) is 0 Å². The summed E-state index contributed by atoms with van der Waals surface area (Å²) in [6, 6.07) is 2.59. The van der Waals surface area contributed by atoms with Crippen molar-refractivity contribution in [2.45, 2.75) is 41.5 Å². The Hall–Kier alpha value is -3.82. The van der Waals surface area contributed by atoms with Gasteiger partial charge < -0.3 is 28.4 Å². The summed E-state index contributed by atoms with van der Waals surface area (Å²) in [4.78, 5) is 52.6. The number of fused-ring (bicyclic) bond motifs is 1. The zero-order valence-corrected chi connectivity index (χ0v) is 21.5. The maximum atomic E-state index is 13.2. The lowest BCUT2D eigenvalue weighted by Crippen LogP contribution is -2.18. The zero-order valence-electron chi connectivity index (χ0n) is 21.5. The molecule has 0 saturated heterocycles. The molecule has 0 atom stereocenters. The van der Waals surface area contributed by atoms with Crippen molar-refractivity contribution in [3.8, 4) is 11.5 Å². The lowest BCUT2D eigenvalue weighted by Gasteiger charge is -2.21. The summed E-state index contributed by atoms with van der Waals surface area (Å²) in [6.07, 6.45) is 0. The fraction of sp³-hybridized carbons (Fsp3) is 0.462. The Kier molecular flexibility index (Phi) is 10.5. The minimum absolute atomic E-state index is 0.0176. The molecule has 0 aromatic heterocycles. The second-order valence-corrected chi connectivity index (χ2v) is 7.09. The summed E-state index contributed by atoms with van der Waals surface area (Å²) >= 11 is 0. The first kappa shape index (κ1) is 28.4. The maximum Gasteiger partial charge on any atom is 0.342 e. The van der Waals surface area contributed by atoms with E-state index in [0.29, 0.717) is 0 Å². The van der Waals surface area contributed by atoms with Gasteiger partial charge in [0.05, 0.1) is 50.8 Å². The Balaban J connectivity index is 3.30. The molecular weight excluding hydrogens is 472 g/mol. The molecule has 0 fully saturated rings. The van der Waals surface area contributed by atoms with Gasteiger partial charge in [-0.2, -0.15) is 0 Å². The third kappa shape index (κ3) is 5.87. The molecule has 10 nitrogen and oxygen atoms in total. The number of esters is 4. The Labute approximate surface area is 209 Å². The molecule has 0 spiro atoms. The topological polar surface area (TPSA) is 124 Å². The first-order chi connectivity index (χ1) is 17.3. The highest BCUT2D eigenvalue weighted by Crippen LogP contribution is 2.41. The van der Waals surface area contributed by atoms with Crippen LogP contribution in [0.1, 0.15) is 83.0 Å². The largest absolute Gasteiger partial charge is 0.493 e. The van der Waals surface area contributed by atoms with Crippen LogP contribution < -0.4 is 9.47 Å². The van der Waals surface area contributed by atoms with Gasteiger partial charge in [0.1, 0.15) is 22.6 Å². The van der Waals surface area contributed by atoms with Gasteiger partial charge in [-0.1, -0.05) is 0 Å². The third-order valence-corrected chi connectivity index (χ3v) is 4.88. The van der Waals surface area contributed by atoms with Gasteiger partial charge in [0.2, 0.25) is 0 Å². The Morgan fingerprint density at radius 3 is 1.08 bits per heavy atom. The van der Waals surface area contributed by atoms with Gasteiger partial charge in [0.25, 0.3) is 0 Å². The van der Waals surface area contributed by atoms with E-state index < -0.39 is 23.9 Å². The number of rotatable bonds is 12. The SMILES string of the molecule is CCOC(=O)c1cc(OCC)c(C(=O)OCC)c2c(C(=O)OCC)cc(OCC)c(C(=O)OCC)c12. The van der Waals surface area contributed by atoms with Crippen molar-refractivity contribution < 1.29 is 47.6 Å². The normalized spacial score (nSPS) is 10.5. The van der Waals surface area contributed by atoms with Crippen molar-refractivity contribution >= 4 is 34.6 Å². The Bertz CT molecular complexity index is 1050. The molecule has 0 bridgehead atoms. The lowest BCUT2D eigenvalue weighted by atomic mass is 9.90. The zero-order chi connectivity index (χ0) is 26.8. The van der Waals surface area contributed by atoms with Gasteiger partial charge in [-0.05, 0) is 53.7 Å². The average Bonchev–Trinajstić information content (AvgIpc) is 2.83. The fourth-order valence-corrected chi connectivity index (χ4v) is 3.68. The number of carbonyl (C=O) groups excluding carboxylic acids is 4. The van der Waals surface area contributed by atoms with Crippen LogP contribution in [0.3, 0.4) is 0 Å². The summed E-state index contributed by atoms with van der Waals surface area (Å²) in [5.74, 6) is -3.26. The standard InChI is InChI=1S/C26H32O10/c1-7-31-17-13-15(23(27)33-9-3)20-19(21(17)25(29)35-11-5)16(24(28)34-10-4)14-18(32-8-2)22(20)26(30)36-12-6/h13-14H,7-12H2,1-6H3. The van der Waals surface area contributed by atoms with E-state index in [0.717, 1.165) is 0 Å². The van der Waals surface area contributed by atoms with Gasteiger partial charge in [0.15, 0.2) is 0 Å². The molecule has 2 aromatic rings. The van der Waals surface area contributed by atoms with Crippen LogP contribution in [0, 0.1) is 0 Å². The van der Waals surface area contributed by atoms with Crippen molar-refractivity contribution in [1.82, 2.24) is 0 Å². The summed E-state index contributed by atoms with van der Waals surface area (Å²) < 4.78 is 32.4. The molecule has 2 rings (SSSR count). The predicted octanol–water partition coefficient (Wildman–Crippen LogP) is 4.34. The fourth-order valence-electron chi connectivity index (χ4n) is 3.68. The predicted molar refractivity (Wildman–Crippen MR) is 130 cm³/mol. The molecule has 0 aliphatic carbocycles. The molecule has 0 aliphatic rings. The number of ether oxygens (including phenoxy) is 6. The molecule has 0 heterocycles. The molecule has 0 radical (unpaired) electrons. The van der Waals surface area contributed by atoms with Crippen molar-refractivity contribution in [2.24, 2.45) is 0 Å². The van der Waals surface area contributed by atoms with Crippen LogP contribution in [0.25, 0.3) is 10.8 Å². The number of hydrogen-bond donors (Lipinski definition) is 0. The van der Waals surface area contributed by atoms with E-state index in [2.05, 4.69) is 0 Å². The average molecular weight is 505 g/mol. The van der Waals surface area contributed by atoms with E-state index in [1.807, 2.05) is 0 Å². The first-order valence-corrected chi connectivity index (χ1v) is 11.9. The molecule has 0 N–H and O–H groups in total. The van der Waals surface area contributed by atoms with Crippen LogP contribution in [0.2, 0.25) is 0 Å². The van der Waals surface area contributed by atoms with Crippen molar-refractivity contribution in [1.29, 1.82) is 0 Å². The maximum absolute atomic E-state index is 13.2. The molecule has 2 aromatic carbocycles. The minimum atomic E-state index is -0.814. The van der Waals surface area contributed by atoms with Gasteiger partial charge in [-0.15, -0.1) is 0 Å². The summed E-state index contributed by atoms with van der Waals surface area (Å²) in [5.41, 5.74) is -0.506. The van der Waals surface area contributed by atoms with Gasteiger partial charge in [0, 0.05) is 10.8 Å². The quantitative estimate of drug-likeness (QED) is 0.304. The number of hydrogen-bond acceptors (Lipinski definition) is 10. The number of benzene rings is 2. The van der Waals surface area contributed by atoms with Crippen LogP contribution >= 0.6 is 0 Å². The van der Waals surface area contributed by atoms with E-state index in [9.17, 15) is 19.2 Å². The van der Waals surface area contributed by atoms with E-state index in [-0.39, 0.29) is 84.2 Å².